The maximum atomic E-state index is 12.2. The van der Waals surface area contributed by atoms with Crippen LogP contribution in [0, 0.1) is 6.92 Å². The third-order valence-electron chi connectivity index (χ3n) is 3.83. The van der Waals surface area contributed by atoms with Crippen molar-refractivity contribution < 1.29 is 4.79 Å². The van der Waals surface area contributed by atoms with Crippen molar-refractivity contribution in [2.45, 2.75) is 39.5 Å². The van der Waals surface area contributed by atoms with Crippen molar-refractivity contribution in [2.75, 3.05) is 5.32 Å². The molecule has 0 heterocycles. The number of para-hydroxylation sites is 1. The number of carbonyl (C=O) groups excluding carboxylic acids is 1. The first-order chi connectivity index (χ1) is 10.1. The third kappa shape index (κ3) is 4.19. The van der Waals surface area contributed by atoms with E-state index in [4.69, 9.17) is 0 Å². The van der Waals surface area contributed by atoms with E-state index in [1.165, 1.54) is 11.1 Å². The van der Waals surface area contributed by atoms with Crippen LogP contribution in [0.1, 0.15) is 42.9 Å². The summed E-state index contributed by atoms with van der Waals surface area (Å²) in [5, 5.41) is 3.05. The van der Waals surface area contributed by atoms with Crippen molar-refractivity contribution in [1.29, 1.82) is 0 Å². The summed E-state index contributed by atoms with van der Waals surface area (Å²) >= 11 is 0. The summed E-state index contributed by atoms with van der Waals surface area (Å²) < 4.78 is 0. The van der Waals surface area contributed by atoms with Crippen molar-refractivity contribution in [3.8, 4) is 0 Å². The van der Waals surface area contributed by atoms with Crippen LogP contribution in [0.15, 0.2) is 48.5 Å². The van der Waals surface area contributed by atoms with Crippen LogP contribution in [0.3, 0.4) is 0 Å². The van der Waals surface area contributed by atoms with Gasteiger partial charge in [0.05, 0.1) is 6.42 Å². The zero-order chi connectivity index (χ0) is 15.2. The number of hydrogen-bond donors (Lipinski definition) is 1. The maximum Gasteiger partial charge on any atom is 0.228 e. The largest absolute Gasteiger partial charge is 0.326 e. The molecule has 0 saturated heterocycles. The summed E-state index contributed by atoms with van der Waals surface area (Å²) in [5.74, 6) is 0.483. The second-order valence-corrected chi connectivity index (χ2v) is 5.61. The first-order valence-corrected chi connectivity index (χ1v) is 7.54. The van der Waals surface area contributed by atoms with E-state index >= 15 is 0 Å². The van der Waals surface area contributed by atoms with Gasteiger partial charge in [-0.05, 0) is 36.5 Å². The minimum absolute atomic E-state index is 0.0383. The smallest absolute Gasteiger partial charge is 0.228 e. The maximum absolute atomic E-state index is 12.2. The highest BCUT2D eigenvalue weighted by Crippen LogP contribution is 2.26. The minimum atomic E-state index is 0.0383. The lowest BCUT2D eigenvalue weighted by Gasteiger charge is -2.15. The molecular weight excluding hydrogens is 258 g/mol. The highest BCUT2D eigenvalue weighted by atomic mass is 16.1. The number of nitrogens with one attached hydrogen (secondary N) is 1. The monoisotopic (exact) mass is 281 g/mol. The van der Waals surface area contributed by atoms with Crippen molar-refractivity contribution in [2.24, 2.45) is 0 Å². The van der Waals surface area contributed by atoms with Gasteiger partial charge in [0.15, 0.2) is 0 Å². The molecule has 1 amide bonds. The summed E-state index contributed by atoms with van der Waals surface area (Å²) in [6.07, 6.45) is 1.47. The predicted octanol–water partition coefficient (Wildman–Crippen LogP) is 4.69. The molecule has 0 spiro atoms. The van der Waals surface area contributed by atoms with E-state index in [1.807, 2.05) is 43.3 Å². The average molecular weight is 281 g/mol. The molecule has 0 aliphatic rings. The van der Waals surface area contributed by atoms with Gasteiger partial charge in [-0.3, -0.25) is 4.79 Å². The molecular formula is C19H23NO. The Balaban J connectivity index is 2.09. The van der Waals surface area contributed by atoms with Crippen molar-refractivity contribution in [3.63, 3.8) is 0 Å². The Hall–Kier alpha value is -2.09. The van der Waals surface area contributed by atoms with Gasteiger partial charge in [0.1, 0.15) is 0 Å². The molecule has 21 heavy (non-hydrogen) atoms. The summed E-state index contributed by atoms with van der Waals surface area (Å²) in [7, 11) is 0. The molecule has 1 unspecified atom stereocenters. The van der Waals surface area contributed by atoms with Crippen LogP contribution < -0.4 is 5.32 Å². The fourth-order valence-electron chi connectivity index (χ4n) is 2.46. The molecule has 2 nitrogen and oxygen atoms in total. The van der Waals surface area contributed by atoms with Gasteiger partial charge in [0.25, 0.3) is 0 Å². The highest BCUT2D eigenvalue weighted by Gasteiger charge is 2.11. The summed E-state index contributed by atoms with van der Waals surface area (Å²) in [4.78, 5) is 12.2. The van der Waals surface area contributed by atoms with Crippen molar-refractivity contribution >= 4 is 11.6 Å². The Morgan fingerprint density at radius 1 is 1.14 bits per heavy atom. The van der Waals surface area contributed by atoms with Gasteiger partial charge >= 0.3 is 0 Å². The molecule has 2 aromatic carbocycles. The van der Waals surface area contributed by atoms with E-state index in [2.05, 4.69) is 31.3 Å². The highest BCUT2D eigenvalue weighted by molar-refractivity contribution is 5.93. The molecule has 0 aliphatic heterocycles. The summed E-state index contributed by atoms with van der Waals surface area (Å²) in [5.41, 5.74) is 4.37. The van der Waals surface area contributed by atoms with Crippen LogP contribution in [0.2, 0.25) is 0 Å². The Labute approximate surface area is 127 Å². The average Bonchev–Trinajstić information content (AvgIpc) is 2.47. The number of carbonyl (C=O) groups is 1. The molecule has 1 atom stereocenters. The van der Waals surface area contributed by atoms with E-state index in [9.17, 15) is 4.79 Å². The van der Waals surface area contributed by atoms with Gasteiger partial charge in [-0.15, -0.1) is 0 Å². The molecule has 0 bridgehead atoms. The fraction of sp³-hybridized carbons (Fsp3) is 0.316. The van der Waals surface area contributed by atoms with Gasteiger partial charge in [0.2, 0.25) is 5.91 Å². The molecule has 0 radical (unpaired) electrons. The Kier molecular flexibility index (Phi) is 5.15. The van der Waals surface area contributed by atoms with Gasteiger partial charge in [-0.2, -0.15) is 0 Å². The summed E-state index contributed by atoms with van der Waals surface area (Å²) in [6.45, 7) is 6.39. The lowest BCUT2D eigenvalue weighted by molar-refractivity contribution is -0.115. The van der Waals surface area contributed by atoms with Crippen LogP contribution in [0.5, 0.6) is 0 Å². The normalized spacial score (nSPS) is 12.0. The summed E-state index contributed by atoms with van der Waals surface area (Å²) in [6, 6.07) is 16.1. The second kappa shape index (κ2) is 7.07. The number of hydrogen-bond acceptors (Lipinski definition) is 1. The number of amides is 1. The van der Waals surface area contributed by atoms with Gasteiger partial charge in [-0.1, -0.05) is 61.9 Å². The number of rotatable bonds is 5. The van der Waals surface area contributed by atoms with Crippen LogP contribution in [0.25, 0.3) is 0 Å². The van der Waals surface area contributed by atoms with E-state index in [0.29, 0.717) is 12.3 Å². The fourth-order valence-corrected chi connectivity index (χ4v) is 2.46. The van der Waals surface area contributed by atoms with Gasteiger partial charge in [0, 0.05) is 5.69 Å². The molecule has 1 N–H and O–H groups in total. The molecule has 0 fully saturated rings. The van der Waals surface area contributed by atoms with E-state index in [1.54, 1.807) is 0 Å². The molecule has 2 rings (SSSR count). The lowest BCUT2D eigenvalue weighted by atomic mass is 9.97. The first kappa shape index (κ1) is 15.3. The first-order valence-electron chi connectivity index (χ1n) is 7.54. The van der Waals surface area contributed by atoms with Crippen LogP contribution >= 0.6 is 0 Å². The quantitative estimate of drug-likeness (QED) is 0.846. The van der Waals surface area contributed by atoms with Crippen molar-refractivity contribution in [1.82, 2.24) is 0 Å². The minimum Gasteiger partial charge on any atom is -0.326 e. The standard InChI is InChI=1S/C19H23NO/c1-4-15(3)17-10-5-6-11-18(17)20-19(21)13-16-9-7-8-14(2)12-16/h5-12,15H,4,13H2,1-3H3,(H,20,21). The van der Waals surface area contributed by atoms with Crippen molar-refractivity contribution in [3.05, 3.63) is 65.2 Å². The molecule has 0 saturated carbocycles. The molecule has 2 aromatic rings. The van der Waals surface area contributed by atoms with E-state index < -0.39 is 0 Å². The number of anilines is 1. The predicted molar refractivity (Wildman–Crippen MR) is 88.7 cm³/mol. The second-order valence-electron chi connectivity index (χ2n) is 5.61. The topological polar surface area (TPSA) is 29.1 Å². The lowest BCUT2D eigenvalue weighted by Crippen LogP contribution is -2.16. The molecule has 110 valence electrons. The molecule has 2 heteroatoms. The number of aryl methyl sites for hydroxylation is 1. The third-order valence-corrected chi connectivity index (χ3v) is 3.83. The molecule has 0 aliphatic carbocycles. The van der Waals surface area contributed by atoms with Crippen LogP contribution in [-0.4, -0.2) is 5.91 Å². The Morgan fingerprint density at radius 2 is 1.90 bits per heavy atom. The zero-order valence-corrected chi connectivity index (χ0v) is 13.0. The van der Waals surface area contributed by atoms with Crippen LogP contribution in [0.4, 0.5) is 5.69 Å². The number of benzene rings is 2. The Morgan fingerprint density at radius 3 is 2.62 bits per heavy atom. The zero-order valence-electron chi connectivity index (χ0n) is 13.0. The van der Waals surface area contributed by atoms with Gasteiger partial charge < -0.3 is 5.32 Å². The van der Waals surface area contributed by atoms with E-state index in [-0.39, 0.29) is 5.91 Å². The Bertz CT molecular complexity index is 618. The van der Waals surface area contributed by atoms with Crippen LogP contribution in [-0.2, 0) is 11.2 Å². The molecule has 0 aromatic heterocycles. The van der Waals surface area contributed by atoms with E-state index in [0.717, 1.165) is 17.7 Å². The SMILES string of the molecule is CCC(C)c1ccccc1NC(=O)Cc1cccc(C)c1. The van der Waals surface area contributed by atoms with Gasteiger partial charge in [-0.25, -0.2) is 0 Å².